The molecule has 0 saturated carbocycles. The Kier molecular flexibility index (Phi) is 60.3. The Labute approximate surface area is 516 Å². The van der Waals surface area contributed by atoms with Gasteiger partial charge in [0.25, 0.3) is 0 Å². The number of hydrogen-bond donors (Lipinski definition) is 1. The first-order valence-corrected chi connectivity index (χ1v) is 35.1. The van der Waals surface area contributed by atoms with Gasteiger partial charge in [-0.2, -0.15) is 0 Å². The maximum absolute atomic E-state index is 12.8. The predicted octanol–water partition coefficient (Wildman–Crippen LogP) is 21.8. The van der Waals surface area contributed by atoms with E-state index in [1.807, 2.05) is 21.1 Å². The van der Waals surface area contributed by atoms with E-state index in [1.54, 1.807) is 0 Å². The minimum absolute atomic E-state index is 0.0156. The van der Waals surface area contributed by atoms with Crippen molar-refractivity contribution in [2.75, 3.05) is 47.5 Å². The second-order valence-electron chi connectivity index (χ2n) is 23.1. The van der Waals surface area contributed by atoms with Gasteiger partial charge in [-0.15, -0.1) is 0 Å². The Balaban J connectivity index is 4.22. The zero-order chi connectivity index (χ0) is 61.2. The van der Waals surface area contributed by atoms with E-state index in [9.17, 15) is 19.0 Å². The van der Waals surface area contributed by atoms with Crippen LogP contribution < -0.4 is 0 Å². The van der Waals surface area contributed by atoms with Crippen LogP contribution in [0.25, 0.3) is 0 Å². The number of ether oxygens (including phenoxy) is 2. The van der Waals surface area contributed by atoms with Gasteiger partial charge in [-0.25, -0.2) is 4.57 Å². The summed E-state index contributed by atoms with van der Waals surface area (Å²) in [5.41, 5.74) is 0. The molecule has 84 heavy (non-hydrogen) atoms. The number of quaternary nitrogens is 1. The molecular weight excluding hydrogens is 1060 g/mol. The van der Waals surface area contributed by atoms with Crippen LogP contribution in [0.2, 0.25) is 0 Å². The SMILES string of the molecule is CC/C=C\C/C=C\C/C=C\C/C=C\C/C=C\C/C=C\C/C=C\C/C=C\C/C=C\C/C=C\CCCCC(=O)OC(COC(=O)CCCCCCCCCCCCCCCCC/C=C\C/C=C\CCCCCCC)COP(=O)(O)OCC[N+](C)(C)C. The molecule has 0 aromatic carbocycles. The molecule has 0 bridgehead atoms. The monoisotopic (exact) mass is 1190 g/mol. The molecule has 0 aliphatic rings. The van der Waals surface area contributed by atoms with Crippen LogP contribution in [0.4, 0.5) is 0 Å². The molecule has 2 atom stereocenters. The summed E-state index contributed by atoms with van der Waals surface area (Å²) in [5, 5.41) is 0. The van der Waals surface area contributed by atoms with E-state index in [4.69, 9.17) is 18.5 Å². The number of unbranched alkanes of at least 4 members (excludes halogenated alkanes) is 22. The largest absolute Gasteiger partial charge is 0.472 e. The molecular formula is C74H125NO8P+. The van der Waals surface area contributed by atoms with E-state index in [1.165, 1.54) is 122 Å². The number of allylic oxidation sites excluding steroid dienone is 24. The topological polar surface area (TPSA) is 108 Å². The summed E-state index contributed by atoms with van der Waals surface area (Å²) >= 11 is 0. The van der Waals surface area contributed by atoms with Crippen molar-refractivity contribution in [3.05, 3.63) is 146 Å². The molecule has 0 amide bonds. The second kappa shape index (κ2) is 63.4. The third kappa shape index (κ3) is 67.0. The van der Waals surface area contributed by atoms with Gasteiger partial charge in [-0.3, -0.25) is 18.6 Å². The van der Waals surface area contributed by atoms with Crippen molar-refractivity contribution >= 4 is 19.8 Å². The van der Waals surface area contributed by atoms with Crippen molar-refractivity contribution in [3.8, 4) is 0 Å². The van der Waals surface area contributed by atoms with Crippen molar-refractivity contribution < 1.29 is 42.1 Å². The third-order valence-corrected chi connectivity index (χ3v) is 14.8. The summed E-state index contributed by atoms with van der Waals surface area (Å²) in [6.07, 6.45) is 93.7. The molecule has 9 nitrogen and oxygen atoms in total. The molecule has 0 fully saturated rings. The van der Waals surface area contributed by atoms with E-state index in [-0.39, 0.29) is 32.0 Å². The molecule has 0 rings (SSSR count). The summed E-state index contributed by atoms with van der Waals surface area (Å²) in [7, 11) is 1.43. The van der Waals surface area contributed by atoms with E-state index in [0.29, 0.717) is 17.4 Å². The second-order valence-corrected chi connectivity index (χ2v) is 24.6. The molecule has 0 aromatic heterocycles. The van der Waals surface area contributed by atoms with Crippen LogP contribution in [0.3, 0.4) is 0 Å². The summed E-state index contributed by atoms with van der Waals surface area (Å²) < 4.78 is 34.6. The van der Waals surface area contributed by atoms with Crippen molar-refractivity contribution in [2.45, 2.75) is 264 Å². The van der Waals surface area contributed by atoms with E-state index >= 15 is 0 Å². The fourth-order valence-electron chi connectivity index (χ4n) is 8.72. The first-order valence-electron chi connectivity index (χ1n) is 33.6. The van der Waals surface area contributed by atoms with Gasteiger partial charge in [0.05, 0.1) is 27.7 Å². The van der Waals surface area contributed by atoms with Gasteiger partial charge >= 0.3 is 19.8 Å². The minimum atomic E-state index is -4.41. The maximum atomic E-state index is 12.8. The van der Waals surface area contributed by atoms with Crippen LogP contribution in [-0.2, 0) is 32.7 Å². The lowest BCUT2D eigenvalue weighted by Crippen LogP contribution is -2.37. The van der Waals surface area contributed by atoms with Gasteiger partial charge in [0.15, 0.2) is 6.10 Å². The summed E-state index contributed by atoms with van der Waals surface area (Å²) in [6.45, 7) is 4.26. The van der Waals surface area contributed by atoms with Gasteiger partial charge < -0.3 is 18.9 Å². The number of likely N-dealkylation sites (N-methyl/N-ethyl adjacent to an activating group) is 1. The molecule has 1 N–H and O–H groups in total. The highest BCUT2D eigenvalue weighted by Gasteiger charge is 2.27. The molecule has 10 heteroatoms. The quantitative estimate of drug-likeness (QED) is 0.0211. The number of rotatable bonds is 60. The first-order chi connectivity index (χ1) is 41.0. The number of hydrogen-bond acceptors (Lipinski definition) is 7. The summed E-state index contributed by atoms with van der Waals surface area (Å²) in [5.74, 6) is -0.854. The molecule has 478 valence electrons. The lowest BCUT2D eigenvalue weighted by Gasteiger charge is -2.24. The Morgan fingerprint density at radius 3 is 1.04 bits per heavy atom. The zero-order valence-electron chi connectivity index (χ0n) is 54.3. The van der Waals surface area contributed by atoms with Crippen molar-refractivity contribution in [1.82, 2.24) is 0 Å². The van der Waals surface area contributed by atoms with Crippen LogP contribution in [0, 0.1) is 0 Å². The van der Waals surface area contributed by atoms with Crippen LogP contribution in [-0.4, -0.2) is 74.9 Å². The molecule has 2 unspecified atom stereocenters. The van der Waals surface area contributed by atoms with Gasteiger partial charge in [-0.1, -0.05) is 269 Å². The predicted molar refractivity (Wildman–Crippen MR) is 362 cm³/mol. The molecule has 0 spiro atoms. The molecule has 0 aliphatic heterocycles. The highest BCUT2D eigenvalue weighted by atomic mass is 31.2. The lowest BCUT2D eigenvalue weighted by atomic mass is 10.0. The van der Waals surface area contributed by atoms with Crippen molar-refractivity contribution in [1.29, 1.82) is 0 Å². The standard InChI is InChI=1S/C74H124NO8P/c1-6-8-10-12-14-16-18-20-22-24-26-28-30-32-34-35-36-37-38-39-41-43-45-47-49-51-53-55-57-59-61-63-65-67-74(77)83-72(71-82-84(78,79)81-69-68-75(3,4)5)70-80-73(76)66-64-62-60-58-56-54-52-50-48-46-44-42-40-33-31-29-27-25-23-21-19-17-15-13-11-9-7-2/h8,10,14,16,19-22,25-28,32,34,36-37,39,41,45,47,51,53,57,59,72H,6-7,9,11-13,15,17-18,23-24,29-31,33,35,38,40,42-44,46,48-50,52,54-56,58,60-71H2,1-5H3/p+1/b10-8-,16-14-,21-19-,22-20-,27-25-,28-26-,34-32-,37-36-,41-39-,47-45-,53-51-,59-57-. The number of nitrogens with zero attached hydrogens (tertiary/aromatic N) is 1. The number of phosphoric ester groups is 1. The van der Waals surface area contributed by atoms with Gasteiger partial charge in [0.2, 0.25) is 0 Å². The number of carbonyl (C=O) groups is 2. The Morgan fingerprint density at radius 2 is 0.679 bits per heavy atom. The molecule has 0 saturated heterocycles. The van der Waals surface area contributed by atoms with Crippen molar-refractivity contribution in [3.63, 3.8) is 0 Å². The van der Waals surface area contributed by atoms with Gasteiger partial charge in [-0.05, 0) is 122 Å². The molecule has 0 heterocycles. The smallest absolute Gasteiger partial charge is 0.462 e. The van der Waals surface area contributed by atoms with Gasteiger partial charge in [0, 0.05) is 12.8 Å². The number of esters is 2. The minimum Gasteiger partial charge on any atom is -0.462 e. The zero-order valence-corrected chi connectivity index (χ0v) is 55.2. The number of phosphoric acid groups is 1. The highest BCUT2D eigenvalue weighted by molar-refractivity contribution is 7.47. The molecule has 0 aliphatic carbocycles. The summed E-state index contributed by atoms with van der Waals surface area (Å²) in [6, 6.07) is 0. The van der Waals surface area contributed by atoms with Crippen molar-refractivity contribution in [2.24, 2.45) is 0 Å². The van der Waals surface area contributed by atoms with E-state index < -0.39 is 26.5 Å². The van der Waals surface area contributed by atoms with Crippen LogP contribution in [0.1, 0.15) is 258 Å². The lowest BCUT2D eigenvalue weighted by molar-refractivity contribution is -0.870. The third-order valence-electron chi connectivity index (χ3n) is 13.9. The average molecular weight is 1190 g/mol. The maximum Gasteiger partial charge on any atom is 0.472 e. The Bertz CT molecular complexity index is 1930. The van der Waals surface area contributed by atoms with E-state index in [0.717, 1.165) is 103 Å². The van der Waals surface area contributed by atoms with Crippen LogP contribution in [0.5, 0.6) is 0 Å². The van der Waals surface area contributed by atoms with Crippen LogP contribution in [0.15, 0.2) is 146 Å². The average Bonchev–Trinajstić information content (AvgIpc) is 3.61. The summed E-state index contributed by atoms with van der Waals surface area (Å²) in [4.78, 5) is 35.8. The molecule has 0 radical (unpaired) electrons. The Hall–Kier alpha value is -4.11. The fourth-order valence-corrected chi connectivity index (χ4v) is 9.46. The number of carbonyl (C=O) groups excluding carboxylic acids is 2. The fraction of sp³-hybridized carbons (Fsp3) is 0.649. The first kappa shape index (κ1) is 79.9. The highest BCUT2D eigenvalue weighted by Crippen LogP contribution is 2.43. The van der Waals surface area contributed by atoms with Crippen LogP contribution >= 0.6 is 7.82 Å². The molecule has 0 aromatic rings. The van der Waals surface area contributed by atoms with Gasteiger partial charge in [0.1, 0.15) is 19.8 Å². The Morgan fingerprint density at radius 1 is 0.381 bits per heavy atom. The van der Waals surface area contributed by atoms with E-state index in [2.05, 4.69) is 160 Å². The normalized spacial score (nSPS) is 14.1.